The van der Waals surface area contributed by atoms with Gasteiger partial charge in [0, 0.05) is 0 Å². The van der Waals surface area contributed by atoms with Crippen molar-refractivity contribution in [2.75, 3.05) is 0 Å². The second-order valence-corrected chi connectivity index (χ2v) is 6.64. The summed E-state index contributed by atoms with van der Waals surface area (Å²) in [6, 6.07) is 20.5. The molecular formula is C20H19N5S. The molecule has 1 unspecified atom stereocenters. The van der Waals surface area contributed by atoms with E-state index in [0.29, 0.717) is 11.7 Å². The van der Waals surface area contributed by atoms with Crippen molar-refractivity contribution < 1.29 is 0 Å². The Hall–Kier alpha value is -2.99. The lowest BCUT2D eigenvalue weighted by molar-refractivity contribution is 0.633. The van der Waals surface area contributed by atoms with E-state index in [0.717, 1.165) is 22.6 Å². The van der Waals surface area contributed by atoms with E-state index in [1.54, 1.807) is 0 Å². The van der Waals surface area contributed by atoms with Gasteiger partial charge < -0.3 is 10.6 Å². The van der Waals surface area contributed by atoms with Crippen molar-refractivity contribution in [1.82, 2.24) is 25.6 Å². The van der Waals surface area contributed by atoms with Gasteiger partial charge in [-0.25, -0.2) is 4.68 Å². The highest BCUT2D eigenvalue weighted by Gasteiger charge is 2.22. The lowest BCUT2D eigenvalue weighted by atomic mass is 10.0. The van der Waals surface area contributed by atoms with Crippen LogP contribution in [0.1, 0.15) is 28.6 Å². The molecule has 1 aliphatic rings. The molecule has 2 heterocycles. The molecule has 0 spiro atoms. The minimum absolute atomic E-state index is 0.0126. The van der Waals surface area contributed by atoms with Crippen molar-refractivity contribution in [1.29, 1.82) is 0 Å². The zero-order chi connectivity index (χ0) is 17.9. The van der Waals surface area contributed by atoms with Crippen LogP contribution < -0.4 is 10.6 Å². The van der Waals surface area contributed by atoms with Crippen LogP contribution in [0.4, 0.5) is 0 Å². The van der Waals surface area contributed by atoms with Crippen LogP contribution in [-0.2, 0) is 6.54 Å². The number of hydrogen-bond acceptors (Lipinski definition) is 3. The van der Waals surface area contributed by atoms with Gasteiger partial charge in [-0.15, -0.1) is 5.10 Å². The van der Waals surface area contributed by atoms with Gasteiger partial charge >= 0.3 is 0 Å². The van der Waals surface area contributed by atoms with E-state index in [4.69, 9.17) is 12.2 Å². The fourth-order valence-corrected chi connectivity index (χ4v) is 3.28. The maximum Gasteiger partial charge on any atom is 0.171 e. The van der Waals surface area contributed by atoms with Gasteiger partial charge in [0.05, 0.1) is 24.0 Å². The first-order valence-electron chi connectivity index (χ1n) is 8.49. The molecule has 3 aromatic rings. The molecule has 5 nitrogen and oxygen atoms in total. The molecule has 2 N–H and O–H groups in total. The zero-order valence-corrected chi connectivity index (χ0v) is 15.2. The summed E-state index contributed by atoms with van der Waals surface area (Å²) >= 11 is 5.40. The van der Waals surface area contributed by atoms with Crippen molar-refractivity contribution in [3.05, 3.63) is 89.3 Å². The largest absolute Gasteiger partial charge is 0.352 e. The molecule has 0 radical (unpaired) electrons. The number of rotatable bonds is 4. The molecule has 0 fully saturated rings. The summed E-state index contributed by atoms with van der Waals surface area (Å²) < 4.78 is 1.91. The SMILES string of the molecule is Cc1c(C2=CC(c3ccccc3)NC(=S)N2)nnn1Cc1ccccc1. The Bertz CT molecular complexity index is 947. The Kier molecular flexibility index (Phi) is 4.50. The Balaban J connectivity index is 1.64. The quantitative estimate of drug-likeness (QED) is 0.699. The number of nitrogens with zero attached hydrogens (tertiary/aromatic N) is 3. The van der Waals surface area contributed by atoms with Crippen LogP contribution in [0.15, 0.2) is 66.7 Å². The van der Waals surface area contributed by atoms with Crippen LogP contribution in [0.3, 0.4) is 0 Å². The van der Waals surface area contributed by atoms with Crippen LogP contribution in [0.25, 0.3) is 5.70 Å². The highest BCUT2D eigenvalue weighted by Crippen LogP contribution is 2.24. The molecule has 0 saturated heterocycles. The summed E-state index contributed by atoms with van der Waals surface area (Å²) in [5.41, 5.74) is 5.06. The van der Waals surface area contributed by atoms with Crippen LogP contribution in [0, 0.1) is 6.92 Å². The molecule has 26 heavy (non-hydrogen) atoms. The molecule has 1 aliphatic heterocycles. The van der Waals surface area contributed by atoms with Gasteiger partial charge in [-0.2, -0.15) is 0 Å². The summed E-state index contributed by atoms with van der Waals surface area (Å²) in [4.78, 5) is 0. The molecule has 0 amide bonds. The Morgan fingerprint density at radius 3 is 2.46 bits per heavy atom. The minimum Gasteiger partial charge on any atom is -0.352 e. The summed E-state index contributed by atoms with van der Waals surface area (Å²) in [5.74, 6) is 0. The van der Waals surface area contributed by atoms with Crippen LogP contribution >= 0.6 is 12.2 Å². The van der Waals surface area contributed by atoms with E-state index in [2.05, 4.69) is 51.3 Å². The van der Waals surface area contributed by atoms with Crippen molar-refractivity contribution in [2.45, 2.75) is 19.5 Å². The van der Waals surface area contributed by atoms with Gasteiger partial charge in [0.15, 0.2) is 5.11 Å². The van der Waals surface area contributed by atoms with Crippen molar-refractivity contribution in [2.24, 2.45) is 0 Å². The van der Waals surface area contributed by atoms with Gasteiger partial charge in [0.2, 0.25) is 0 Å². The molecule has 0 aliphatic carbocycles. The first-order chi connectivity index (χ1) is 12.7. The van der Waals surface area contributed by atoms with Gasteiger partial charge in [0.1, 0.15) is 5.69 Å². The number of benzene rings is 2. The Labute approximate surface area is 157 Å². The summed E-state index contributed by atoms with van der Waals surface area (Å²) in [6.07, 6.45) is 2.11. The monoisotopic (exact) mass is 361 g/mol. The van der Waals surface area contributed by atoms with Crippen molar-refractivity contribution in [3.8, 4) is 0 Å². The maximum atomic E-state index is 5.40. The predicted molar refractivity (Wildman–Crippen MR) is 106 cm³/mol. The van der Waals surface area contributed by atoms with E-state index in [1.807, 2.05) is 48.0 Å². The maximum absolute atomic E-state index is 5.40. The second kappa shape index (κ2) is 7.09. The topological polar surface area (TPSA) is 54.8 Å². The molecule has 130 valence electrons. The third-order valence-electron chi connectivity index (χ3n) is 4.44. The number of aromatic nitrogens is 3. The van der Waals surface area contributed by atoms with Gasteiger partial charge in [0.25, 0.3) is 0 Å². The highest BCUT2D eigenvalue weighted by molar-refractivity contribution is 7.80. The molecule has 1 aromatic heterocycles. The average Bonchev–Trinajstić information content (AvgIpc) is 3.03. The predicted octanol–water partition coefficient (Wildman–Crippen LogP) is 3.19. The van der Waals surface area contributed by atoms with Crippen LogP contribution in [0.5, 0.6) is 0 Å². The fourth-order valence-electron chi connectivity index (χ4n) is 3.04. The van der Waals surface area contributed by atoms with E-state index < -0.39 is 0 Å². The van der Waals surface area contributed by atoms with Crippen molar-refractivity contribution in [3.63, 3.8) is 0 Å². The lowest BCUT2D eigenvalue weighted by Crippen LogP contribution is -2.40. The van der Waals surface area contributed by atoms with E-state index in [9.17, 15) is 0 Å². The molecule has 0 bridgehead atoms. The third-order valence-corrected chi connectivity index (χ3v) is 4.66. The fraction of sp³-hybridized carbons (Fsp3) is 0.150. The van der Waals surface area contributed by atoms with Gasteiger partial charge in [-0.3, -0.25) is 0 Å². The molecule has 1 atom stereocenters. The van der Waals surface area contributed by atoms with Crippen LogP contribution in [0.2, 0.25) is 0 Å². The smallest absolute Gasteiger partial charge is 0.171 e. The summed E-state index contributed by atoms with van der Waals surface area (Å²) in [7, 11) is 0. The zero-order valence-electron chi connectivity index (χ0n) is 14.4. The van der Waals surface area contributed by atoms with Crippen LogP contribution in [-0.4, -0.2) is 20.1 Å². The summed E-state index contributed by atoms with van der Waals surface area (Å²) in [6.45, 7) is 2.72. The first kappa shape index (κ1) is 16.5. The molecular weight excluding hydrogens is 342 g/mol. The molecule has 6 heteroatoms. The van der Waals surface area contributed by atoms with E-state index in [-0.39, 0.29) is 6.04 Å². The number of nitrogens with one attached hydrogen (secondary N) is 2. The van der Waals surface area contributed by atoms with Gasteiger partial charge in [-0.05, 0) is 36.3 Å². The minimum atomic E-state index is 0.0126. The number of thiocarbonyl (C=S) groups is 1. The average molecular weight is 361 g/mol. The number of hydrogen-bond donors (Lipinski definition) is 2. The molecule has 0 saturated carbocycles. The normalized spacial score (nSPS) is 16.6. The first-order valence-corrected chi connectivity index (χ1v) is 8.90. The van der Waals surface area contributed by atoms with E-state index >= 15 is 0 Å². The second-order valence-electron chi connectivity index (χ2n) is 6.23. The molecule has 4 rings (SSSR count). The highest BCUT2D eigenvalue weighted by atomic mass is 32.1. The van der Waals surface area contributed by atoms with Crippen molar-refractivity contribution >= 4 is 23.0 Å². The Morgan fingerprint density at radius 1 is 1.04 bits per heavy atom. The summed E-state index contributed by atoms with van der Waals surface area (Å²) in [5, 5.41) is 15.8. The third kappa shape index (κ3) is 3.36. The molecule has 2 aromatic carbocycles. The standard InChI is InChI=1S/C20H19N5S/c1-14-19(23-24-25(14)13-15-8-4-2-5-9-15)18-12-17(21-20(26)22-18)16-10-6-3-7-11-16/h2-12,17H,13H2,1H3,(H2,21,22,26). The lowest BCUT2D eigenvalue weighted by Gasteiger charge is -2.25. The Morgan fingerprint density at radius 2 is 1.73 bits per heavy atom. The van der Waals surface area contributed by atoms with Gasteiger partial charge in [-0.1, -0.05) is 65.9 Å². The van der Waals surface area contributed by atoms with E-state index in [1.165, 1.54) is 5.56 Å².